The molecule has 0 aromatic carbocycles. The molecular weight excluding hydrogens is 212 g/mol. The summed E-state index contributed by atoms with van der Waals surface area (Å²) in [6.45, 7) is 10.8. The second-order valence-electron chi connectivity index (χ2n) is 4.56. The van der Waals surface area contributed by atoms with Crippen molar-refractivity contribution in [1.82, 2.24) is 9.97 Å². The summed E-state index contributed by atoms with van der Waals surface area (Å²) in [5.41, 5.74) is 1.21. The van der Waals surface area contributed by atoms with Crippen LogP contribution in [0.1, 0.15) is 33.3 Å². The lowest BCUT2D eigenvalue weighted by atomic mass is 10.1. The van der Waals surface area contributed by atoms with Crippen LogP contribution in [-0.2, 0) is 6.42 Å². The third-order valence-electron chi connectivity index (χ3n) is 2.78. The number of nitrogens with one attached hydrogen (secondary N) is 1. The predicted molar refractivity (Wildman–Crippen MR) is 73.7 cm³/mol. The molecule has 0 aliphatic heterocycles. The average Bonchev–Trinajstić information content (AvgIpc) is 2.34. The van der Waals surface area contributed by atoms with Crippen molar-refractivity contribution in [2.75, 3.05) is 30.4 Å². The summed E-state index contributed by atoms with van der Waals surface area (Å²) in [5.74, 6) is 2.65. The fourth-order valence-corrected chi connectivity index (χ4v) is 2.02. The van der Waals surface area contributed by atoms with Crippen molar-refractivity contribution in [2.45, 2.75) is 34.1 Å². The lowest BCUT2D eigenvalue weighted by Crippen LogP contribution is -2.29. The molecule has 0 spiro atoms. The molecule has 1 aromatic heterocycles. The Morgan fingerprint density at radius 1 is 1.29 bits per heavy atom. The normalized spacial score (nSPS) is 10.7. The van der Waals surface area contributed by atoms with E-state index < -0.39 is 0 Å². The van der Waals surface area contributed by atoms with Gasteiger partial charge in [0.15, 0.2) is 0 Å². The van der Waals surface area contributed by atoms with Gasteiger partial charge in [-0.1, -0.05) is 20.8 Å². The number of nitrogens with zero attached hydrogens (tertiary/aromatic N) is 3. The summed E-state index contributed by atoms with van der Waals surface area (Å²) in [6, 6.07) is 0. The van der Waals surface area contributed by atoms with Gasteiger partial charge in [-0.15, -0.1) is 0 Å². The molecule has 4 heteroatoms. The molecule has 1 rings (SSSR count). The molecule has 0 saturated carbocycles. The summed E-state index contributed by atoms with van der Waals surface area (Å²) in [7, 11) is 1.91. The van der Waals surface area contributed by atoms with Crippen LogP contribution in [0.2, 0.25) is 0 Å². The summed E-state index contributed by atoms with van der Waals surface area (Å²) < 4.78 is 0. The van der Waals surface area contributed by atoms with E-state index in [2.05, 4.69) is 47.9 Å². The lowest BCUT2D eigenvalue weighted by molar-refractivity contribution is 0.612. The van der Waals surface area contributed by atoms with Gasteiger partial charge in [0, 0.05) is 25.7 Å². The van der Waals surface area contributed by atoms with Crippen LogP contribution in [0, 0.1) is 5.92 Å². The van der Waals surface area contributed by atoms with Crippen molar-refractivity contribution in [1.29, 1.82) is 0 Å². The van der Waals surface area contributed by atoms with Crippen LogP contribution in [0.4, 0.5) is 11.6 Å². The van der Waals surface area contributed by atoms with Crippen LogP contribution >= 0.6 is 0 Å². The van der Waals surface area contributed by atoms with Gasteiger partial charge >= 0.3 is 0 Å². The van der Waals surface area contributed by atoms with E-state index in [-0.39, 0.29) is 0 Å². The number of hydrogen-bond acceptors (Lipinski definition) is 4. The lowest BCUT2D eigenvalue weighted by Gasteiger charge is -2.26. The first kappa shape index (κ1) is 13.7. The van der Waals surface area contributed by atoms with Crippen LogP contribution in [0.5, 0.6) is 0 Å². The molecule has 1 heterocycles. The fraction of sp³-hybridized carbons (Fsp3) is 0.692. The van der Waals surface area contributed by atoms with Gasteiger partial charge in [-0.3, -0.25) is 0 Å². The number of aromatic nitrogens is 2. The van der Waals surface area contributed by atoms with Gasteiger partial charge in [-0.2, -0.15) is 0 Å². The van der Waals surface area contributed by atoms with E-state index in [1.807, 2.05) is 7.05 Å². The minimum Gasteiger partial charge on any atom is -0.373 e. The SMILES string of the molecule is CCc1c(NC)ncnc1N(CC)CC(C)C. The van der Waals surface area contributed by atoms with Crippen LogP contribution in [-0.4, -0.2) is 30.1 Å². The van der Waals surface area contributed by atoms with Gasteiger partial charge in [0.25, 0.3) is 0 Å². The second-order valence-corrected chi connectivity index (χ2v) is 4.56. The van der Waals surface area contributed by atoms with Gasteiger partial charge in [0.1, 0.15) is 18.0 Å². The van der Waals surface area contributed by atoms with Gasteiger partial charge < -0.3 is 10.2 Å². The molecule has 4 nitrogen and oxygen atoms in total. The zero-order valence-electron chi connectivity index (χ0n) is 11.6. The Hall–Kier alpha value is -1.32. The fourth-order valence-electron chi connectivity index (χ4n) is 2.02. The Labute approximate surface area is 104 Å². The molecule has 0 fully saturated rings. The Kier molecular flexibility index (Phi) is 5.19. The van der Waals surface area contributed by atoms with E-state index >= 15 is 0 Å². The molecule has 0 amide bonds. The number of anilines is 2. The van der Waals surface area contributed by atoms with Crippen LogP contribution in [0.15, 0.2) is 6.33 Å². The first-order valence-corrected chi connectivity index (χ1v) is 6.40. The molecule has 0 radical (unpaired) electrons. The molecule has 0 bridgehead atoms. The zero-order valence-corrected chi connectivity index (χ0v) is 11.6. The topological polar surface area (TPSA) is 41.1 Å². The molecular formula is C13H24N4. The zero-order chi connectivity index (χ0) is 12.8. The first-order valence-electron chi connectivity index (χ1n) is 6.40. The van der Waals surface area contributed by atoms with Crippen molar-refractivity contribution in [2.24, 2.45) is 5.92 Å². The largest absolute Gasteiger partial charge is 0.373 e. The molecule has 0 saturated heterocycles. The van der Waals surface area contributed by atoms with Crippen LogP contribution in [0.25, 0.3) is 0 Å². The van der Waals surface area contributed by atoms with Gasteiger partial charge in [-0.25, -0.2) is 9.97 Å². The highest BCUT2D eigenvalue weighted by Gasteiger charge is 2.15. The van der Waals surface area contributed by atoms with Crippen LogP contribution < -0.4 is 10.2 Å². The maximum Gasteiger partial charge on any atom is 0.137 e. The Morgan fingerprint density at radius 2 is 2.00 bits per heavy atom. The third-order valence-corrected chi connectivity index (χ3v) is 2.78. The summed E-state index contributed by atoms with van der Waals surface area (Å²) >= 11 is 0. The average molecular weight is 236 g/mol. The maximum atomic E-state index is 4.46. The highest BCUT2D eigenvalue weighted by atomic mass is 15.2. The monoisotopic (exact) mass is 236 g/mol. The number of hydrogen-bond donors (Lipinski definition) is 1. The Morgan fingerprint density at radius 3 is 2.47 bits per heavy atom. The van der Waals surface area contributed by atoms with E-state index in [9.17, 15) is 0 Å². The van der Waals surface area contributed by atoms with Crippen LogP contribution in [0.3, 0.4) is 0 Å². The van der Waals surface area contributed by atoms with Crippen molar-refractivity contribution in [3.8, 4) is 0 Å². The minimum absolute atomic E-state index is 0.632. The highest BCUT2D eigenvalue weighted by Crippen LogP contribution is 2.24. The second kappa shape index (κ2) is 6.42. The molecule has 0 aliphatic rings. The van der Waals surface area contributed by atoms with Gasteiger partial charge in [-0.05, 0) is 19.3 Å². The molecule has 17 heavy (non-hydrogen) atoms. The van der Waals surface area contributed by atoms with Crippen molar-refractivity contribution < 1.29 is 0 Å². The standard InChI is InChI=1S/C13H24N4/c1-6-11-12(14-5)15-9-16-13(11)17(7-2)8-10(3)4/h9-10H,6-8H2,1-5H3,(H,14,15,16). The summed E-state index contributed by atoms with van der Waals surface area (Å²) in [6.07, 6.45) is 2.59. The minimum atomic E-state index is 0.632. The molecule has 96 valence electrons. The van der Waals surface area contributed by atoms with Crippen molar-refractivity contribution >= 4 is 11.6 Å². The molecule has 0 aliphatic carbocycles. The first-order chi connectivity index (χ1) is 8.13. The van der Waals surface area contributed by atoms with Gasteiger partial charge in [0.2, 0.25) is 0 Å². The quantitative estimate of drug-likeness (QED) is 0.824. The molecule has 0 unspecified atom stereocenters. The van der Waals surface area contributed by atoms with E-state index in [1.54, 1.807) is 6.33 Å². The molecule has 1 aromatic rings. The van der Waals surface area contributed by atoms with E-state index in [0.717, 1.165) is 31.1 Å². The van der Waals surface area contributed by atoms with Crippen molar-refractivity contribution in [3.05, 3.63) is 11.9 Å². The Bertz CT molecular complexity index is 349. The van der Waals surface area contributed by atoms with E-state index in [0.29, 0.717) is 5.92 Å². The smallest absolute Gasteiger partial charge is 0.137 e. The maximum absolute atomic E-state index is 4.46. The highest BCUT2D eigenvalue weighted by molar-refractivity contribution is 5.58. The van der Waals surface area contributed by atoms with E-state index in [1.165, 1.54) is 5.56 Å². The summed E-state index contributed by atoms with van der Waals surface area (Å²) in [5, 5.41) is 3.14. The van der Waals surface area contributed by atoms with Crippen molar-refractivity contribution in [3.63, 3.8) is 0 Å². The van der Waals surface area contributed by atoms with Gasteiger partial charge in [0.05, 0.1) is 0 Å². The summed E-state index contributed by atoms with van der Waals surface area (Å²) in [4.78, 5) is 11.1. The molecule has 0 atom stereocenters. The van der Waals surface area contributed by atoms with E-state index in [4.69, 9.17) is 0 Å². The third kappa shape index (κ3) is 3.32. The molecule has 1 N–H and O–H groups in total. The Balaban J connectivity index is 3.09. The predicted octanol–water partition coefficient (Wildman–Crippen LogP) is 2.56. The number of rotatable bonds is 6.